The van der Waals surface area contributed by atoms with Crippen LogP contribution < -0.4 is 10.2 Å². The van der Waals surface area contributed by atoms with E-state index in [-0.39, 0.29) is 17.1 Å². The molecular formula is C31H31NO4. The van der Waals surface area contributed by atoms with Crippen molar-refractivity contribution in [2.24, 2.45) is 0 Å². The maximum Gasteiger partial charge on any atom is 0.290 e. The molecular weight excluding hydrogens is 450 g/mol. The molecule has 0 aliphatic carbocycles. The van der Waals surface area contributed by atoms with E-state index < -0.39 is 6.04 Å². The molecule has 0 saturated heterocycles. The van der Waals surface area contributed by atoms with Gasteiger partial charge in [0.1, 0.15) is 17.9 Å². The summed E-state index contributed by atoms with van der Waals surface area (Å²) in [6.07, 6.45) is 2.92. The number of carbonyl (C=O) groups is 1. The zero-order valence-corrected chi connectivity index (χ0v) is 21.0. The molecule has 1 aromatic heterocycles. The van der Waals surface area contributed by atoms with Crippen molar-refractivity contribution in [2.45, 2.75) is 52.7 Å². The van der Waals surface area contributed by atoms with E-state index >= 15 is 0 Å². The van der Waals surface area contributed by atoms with Gasteiger partial charge in [-0.3, -0.25) is 9.59 Å². The molecule has 0 N–H and O–H groups in total. The van der Waals surface area contributed by atoms with E-state index in [2.05, 4.69) is 6.92 Å². The second kappa shape index (κ2) is 10.0. The van der Waals surface area contributed by atoms with Gasteiger partial charge in [0.15, 0.2) is 5.43 Å². The van der Waals surface area contributed by atoms with Crippen LogP contribution in [0.25, 0.3) is 11.0 Å². The fourth-order valence-corrected chi connectivity index (χ4v) is 5.10. The highest BCUT2D eigenvalue weighted by atomic mass is 16.5. The molecule has 0 spiro atoms. The third-order valence-corrected chi connectivity index (χ3v) is 6.82. The first-order chi connectivity index (χ1) is 17.5. The lowest BCUT2D eigenvalue weighted by molar-refractivity contribution is 0.0724. The van der Waals surface area contributed by atoms with Crippen molar-refractivity contribution in [1.29, 1.82) is 0 Å². The first-order valence-electron chi connectivity index (χ1n) is 12.6. The van der Waals surface area contributed by atoms with Crippen LogP contribution in [0.5, 0.6) is 5.75 Å². The average molecular weight is 482 g/mol. The Morgan fingerprint density at radius 2 is 1.75 bits per heavy atom. The van der Waals surface area contributed by atoms with Gasteiger partial charge in [0, 0.05) is 6.54 Å². The van der Waals surface area contributed by atoms with E-state index in [1.165, 1.54) is 0 Å². The molecule has 1 aliphatic rings. The predicted molar refractivity (Wildman–Crippen MR) is 142 cm³/mol. The van der Waals surface area contributed by atoms with Gasteiger partial charge in [0.05, 0.1) is 17.0 Å². The molecule has 4 aromatic rings. The fourth-order valence-electron chi connectivity index (χ4n) is 5.10. The van der Waals surface area contributed by atoms with Crippen molar-refractivity contribution in [1.82, 2.24) is 4.90 Å². The number of nitrogens with zero attached hydrogens (tertiary/aromatic N) is 1. The fraction of sp³-hybridized carbons (Fsp3) is 0.290. The van der Waals surface area contributed by atoms with E-state index in [4.69, 9.17) is 9.15 Å². The molecule has 1 unspecified atom stereocenters. The summed E-state index contributed by atoms with van der Waals surface area (Å²) in [7, 11) is 0. The largest absolute Gasteiger partial charge is 0.489 e. The monoisotopic (exact) mass is 481 g/mol. The number of benzene rings is 3. The number of amides is 1. The maximum atomic E-state index is 13.9. The zero-order valence-electron chi connectivity index (χ0n) is 21.0. The Kier molecular flexibility index (Phi) is 6.64. The number of unbranched alkanes of at least 4 members (excludes halogenated alkanes) is 2. The normalized spacial score (nSPS) is 14.9. The van der Waals surface area contributed by atoms with Crippen molar-refractivity contribution in [3.63, 3.8) is 0 Å². The average Bonchev–Trinajstić information content (AvgIpc) is 3.16. The molecule has 3 aromatic carbocycles. The van der Waals surface area contributed by atoms with Gasteiger partial charge in [0.2, 0.25) is 5.76 Å². The van der Waals surface area contributed by atoms with Crippen LogP contribution in [-0.4, -0.2) is 17.4 Å². The molecule has 0 bridgehead atoms. The highest BCUT2D eigenvalue weighted by Gasteiger charge is 2.42. The van der Waals surface area contributed by atoms with Gasteiger partial charge >= 0.3 is 0 Å². The molecule has 36 heavy (non-hydrogen) atoms. The van der Waals surface area contributed by atoms with Crippen LogP contribution in [0, 0.1) is 13.8 Å². The standard InChI is InChI=1S/C31H31NO4/c1-4-5-9-15-32-27(23-13-10-14-24(18-23)35-19-22-11-7-6-8-12-22)26-28(33)25-17-20(2)16-21(3)29(25)36-30(26)31(32)34/h6-8,10-14,16-18,27H,4-5,9,15,19H2,1-3H3. The van der Waals surface area contributed by atoms with E-state index in [0.29, 0.717) is 35.4 Å². The van der Waals surface area contributed by atoms with Crippen LogP contribution in [0.4, 0.5) is 0 Å². The molecule has 5 nitrogen and oxygen atoms in total. The quantitative estimate of drug-likeness (QED) is 0.262. The van der Waals surface area contributed by atoms with Crippen LogP contribution in [0.1, 0.15) is 70.6 Å². The van der Waals surface area contributed by atoms with Crippen LogP contribution in [-0.2, 0) is 6.61 Å². The third-order valence-electron chi connectivity index (χ3n) is 6.82. The van der Waals surface area contributed by atoms with Crippen molar-refractivity contribution in [3.8, 4) is 5.75 Å². The lowest BCUT2D eigenvalue weighted by Crippen LogP contribution is -2.30. The highest BCUT2D eigenvalue weighted by Crippen LogP contribution is 2.39. The van der Waals surface area contributed by atoms with Gasteiger partial charge in [-0.05, 0) is 60.7 Å². The summed E-state index contributed by atoms with van der Waals surface area (Å²) in [5.41, 5.74) is 4.55. The van der Waals surface area contributed by atoms with Crippen molar-refractivity contribution >= 4 is 16.9 Å². The number of rotatable bonds is 8. The first-order valence-corrected chi connectivity index (χ1v) is 12.6. The van der Waals surface area contributed by atoms with Gasteiger partial charge in [-0.15, -0.1) is 0 Å². The molecule has 5 heteroatoms. The molecule has 1 aliphatic heterocycles. The lowest BCUT2D eigenvalue weighted by atomic mass is 9.97. The summed E-state index contributed by atoms with van der Waals surface area (Å²) in [5.74, 6) is 0.639. The van der Waals surface area contributed by atoms with Gasteiger partial charge < -0.3 is 14.1 Å². The molecule has 0 fully saturated rings. The Morgan fingerprint density at radius 3 is 2.53 bits per heavy atom. The number of ether oxygens (including phenoxy) is 1. The molecule has 0 radical (unpaired) electrons. The maximum absolute atomic E-state index is 13.9. The first kappa shape index (κ1) is 23.9. The summed E-state index contributed by atoms with van der Waals surface area (Å²) in [4.78, 5) is 29.3. The van der Waals surface area contributed by atoms with Gasteiger partial charge in [-0.2, -0.15) is 0 Å². The minimum atomic E-state index is -0.508. The Bertz CT molecular complexity index is 1470. The van der Waals surface area contributed by atoms with Gasteiger partial charge in [-0.1, -0.05) is 68.3 Å². The zero-order chi connectivity index (χ0) is 25.2. The van der Waals surface area contributed by atoms with Crippen molar-refractivity contribution < 1.29 is 13.9 Å². The van der Waals surface area contributed by atoms with Gasteiger partial charge in [-0.25, -0.2) is 0 Å². The predicted octanol–water partition coefficient (Wildman–Crippen LogP) is 6.72. The Hall–Kier alpha value is -3.86. The minimum Gasteiger partial charge on any atom is -0.489 e. The lowest BCUT2D eigenvalue weighted by Gasteiger charge is -2.25. The summed E-state index contributed by atoms with van der Waals surface area (Å²) < 4.78 is 12.3. The Labute approximate surface area is 211 Å². The molecule has 5 rings (SSSR count). The summed E-state index contributed by atoms with van der Waals surface area (Å²) >= 11 is 0. The van der Waals surface area contributed by atoms with E-state index in [9.17, 15) is 9.59 Å². The van der Waals surface area contributed by atoms with E-state index in [0.717, 1.165) is 41.5 Å². The number of aryl methyl sites for hydroxylation is 2. The summed E-state index contributed by atoms with van der Waals surface area (Å²) in [5, 5.41) is 0.524. The highest BCUT2D eigenvalue weighted by molar-refractivity contribution is 5.99. The topological polar surface area (TPSA) is 59.8 Å². The van der Waals surface area contributed by atoms with Crippen molar-refractivity contribution in [2.75, 3.05) is 6.54 Å². The number of hydrogen-bond donors (Lipinski definition) is 0. The number of hydrogen-bond acceptors (Lipinski definition) is 4. The van der Waals surface area contributed by atoms with Crippen LogP contribution in [0.2, 0.25) is 0 Å². The van der Waals surface area contributed by atoms with Crippen LogP contribution in [0.3, 0.4) is 0 Å². The smallest absolute Gasteiger partial charge is 0.290 e. The molecule has 1 atom stereocenters. The second-order valence-corrected chi connectivity index (χ2v) is 9.59. The van der Waals surface area contributed by atoms with E-state index in [1.54, 1.807) is 4.90 Å². The number of fused-ring (bicyclic) bond motifs is 2. The Morgan fingerprint density at radius 1 is 0.944 bits per heavy atom. The van der Waals surface area contributed by atoms with Gasteiger partial charge in [0.25, 0.3) is 5.91 Å². The molecule has 1 amide bonds. The molecule has 0 saturated carbocycles. The van der Waals surface area contributed by atoms with Crippen LogP contribution in [0.15, 0.2) is 75.9 Å². The Balaban J connectivity index is 1.59. The van der Waals surface area contributed by atoms with Crippen molar-refractivity contribution in [3.05, 3.63) is 111 Å². The van der Waals surface area contributed by atoms with Crippen LogP contribution >= 0.6 is 0 Å². The summed E-state index contributed by atoms with van der Waals surface area (Å²) in [6, 6.07) is 21.0. The van der Waals surface area contributed by atoms with E-state index in [1.807, 2.05) is 80.6 Å². The molecule has 184 valence electrons. The number of carbonyl (C=O) groups excluding carboxylic acids is 1. The SMILES string of the molecule is CCCCCN1C(=O)c2oc3c(C)cc(C)cc3c(=O)c2C1c1cccc(OCc2ccccc2)c1. The third kappa shape index (κ3) is 4.41. The molecule has 2 heterocycles. The minimum absolute atomic E-state index is 0.134. The summed E-state index contributed by atoms with van der Waals surface area (Å²) in [6.45, 7) is 7.01. The second-order valence-electron chi connectivity index (χ2n) is 9.59.